The van der Waals surface area contributed by atoms with E-state index in [0.29, 0.717) is 6.04 Å². The molecular weight excluding hydrogens is 134 g/mol. The number of hydrogen-bond donors (Lipinski definition) is 3. The molecule has 1 rings (SSSR count). The summed E-state index contributed by atoms with van der Waals surface area (Å²) in [6.07, 6.45) is 3.93. The summed E-state index contributed by atoms with van der Waals surface area (Å²) in [6.45, 7) is 0. The standard InChI is InChI=1S/C6H13NOS/c8-6-3-1-5(7-9)2-4-6/h5-9H,1-4H2/t5-,6-. The van der Waals surface area contributed by atoms with Crippen molar-refractivity contribution in [1.82, 2.24) is 4.72 Å². The molecule has 9 heavy (non-hydrogen) atoms. The van der Waals surface area contributed by atoms with Gasteiger partial charge in [-0.15, -0.1) is 0 Å². The Bertz CT molecular complexity index is 81.1. The SMILES string of the molecule is O[C@H]1CC[C@H](NS)CC1. The van der Waals surface area contributed by atoms with Gasteiger partial charge in [-0.1, -0.05) is 12.8 Å². The highest BCUT2D eigenvalue weighted by atomic mass is 32.1. The Balaban J connectivity index is 2.18. The number of aliphatic hydroxyl groups excluding tert-OH is 1. The summed E-state index contributed by atoms with van der Waals surface area (Å²) in [5, 5.41) is 9.07. The van der Waals surface area contributed by atoms with Crippen molar-refractivity contribution in [3.63, 3.8) is 0 Å². The third-order valence-electron chi connectivity index (χ3n) is 1.88. The molecule has 0 atom stereocenters. The minimum absolute atomic E-state index is 0.0528. The van der Waals surface area contributed by atoms with Crippen LogP contribution >= 0.6 is 12.8 Å². The Morgan fingerprint density at radius 1 is 1.22 bits per heavy atom. The molecule has 0 amide bonds. The minimum atomic E-state index is -0.0528. The molecule has 0 radical (unpaired) electrons. The second kappa shape index (κ2) is 3.44. The maximum atomic E-state index is 9.07. The van der Waals surface area contributed by atoms with Gasteiger partial charge in [-0.05, 0) is 25.7 Å². The van der Waals surface area contributed by atoms with Gasteiger partial charge < -0.3 is 5.11 Å². The average molecular weight is 147 g/mol. The maximum absolute atomic E-state index is 9.07. The van der Waals surface area contributed by atoms with Crippen LogP contribution in [0.15, 0.2) is 0 Å². The lowest BCUT2D eigenvalue weighted by atomic mass is 9.94. The van der Waals surface area contributed by atoms with E-state index in [4.69, 9.17) is 5.11 Å². The Hall–Kier alpha value is 0.270. The Kier molecular flexibility index (Phi) is 2.82. The first-order valence-corrected chi connectivity index (χ1v) is 3.85. The zero-order valence-corrected chi connectivity index (χ0v) is 6.27. The topological polar surface area (TPSA) is 32.3 Å². The van der Waals surface area contributed by atoms with Crippen molar-refractivity contribution in [3.05, 3.63) is 0 Å². The lowest BCUT2D eigenvalue weighted by Gasteiger charge is -2.23. The van der Waals surface area contributed by atoms with Crippen molar-refractivity contribution in [2.75, 3.05) is 0 Å². The van der Waals surface area contributed by atoms with E-state index in [9.17, 15) is 0 Å². The van der Waals surface area contributed by atoms with Gasteiger partial charge in [0.25, 0.3) is 0 Å². The van der Waals surface area contributed by atoms with Crippen LogP contribution in [-0.2, 0) is 0 Å². The van der Waals surface area contributed by atoms with Crippen LogP contribution in [0.25, 0.3) is 0 Å². The van der Waals surface area contributed by atoms with E-state index >= 15 is 0 Å². The van der Waals surface area contributed by atoms with Crippen molar-refractivity contribution in [2.24, 2.45) is 0 Å². The van der Waals surface area contributed by atoms with Crippen LogP contribution in [0, 0.1) is 0 Å². The molecule has 1 aliphatic rings. The van der Waals surface area contributed by atoms with Crippen LogP contribution in [0.2, 0.25) is 0 Å². The highest BCUT2D eigenvalue weighted by Gasteiger charge is 2.17. The number of thiol groups is 1. The molecule has 2 N–H and O–H groups in total. The highest BCUT2D eigenvalue weighted by molar-refractivity contribution is 7.78. The zero-order valence-electron chi connectivity index (χ0n) is 5.38. The van der Waals surface area contributed by atoms with E-state index in [2.05, 4.69) is 17.5 Å². The third-order valence-corrected chi connectivity index (χ3v) is 2.24. The molecule has 0 aromatic heterocycles. The fourth-order valence-corrected chi connectivity index (χ4v) is 1.46. The van der Waals surface area contributed by atoms with Gasteiger partial charge in [-0.3, -0.25) is 4.72 Å². The van der Waals surface area contributed by atoms with E-state index in [1.807, 2.05) is 0 Å². The van der Waals surface area contributed by atoms with Crippen LogP contribution in [-0.4, -0.2) is 17.3 Å². The molecule has 2 nitrogen and oxygen atoms in total. The molecule has 0 spiro atoms. The molecule has 0 aromatic carbocycles. The minimum Gasteiger partial charge on any atom is -0.393 e. The van der Waals surface area contributed by atoms with Crippen LogP contribution in [0.1, 0.15) is 25.7 Å². The van der Waals surface area contributed by atoms with E-state index in [1.54, 1.807) is 0 Å². The molecule has 0 heterocycles. The summed E-state index contributed by atoms with van der Waals surface area (Å²) in [7, 11) is 0. The second-order valence-electron chi connectivity index (χ2n) is 2.63. The molecule has 3 heteroatoms. The Morgan fingerprint density at radius 2 is 1.78 bits per heavy atom. The second-order valence-corrected chi connectivity index (χ2v) is 2.89. The molecule has 0 aromatic rings. The van der Waals surface area contributed by atoms with E-state index in [-0.39, 0.29) is 6.10 Å². The fraction of sp³-hybridized carbons (Fsp3) is 1.00. The van der Waals surface area contributed by atoms with Crippen LogP contribution in [0.3, 0.4) is 0 Å². The first-order valence-electron chi connectivity index (χ1n) is 3.40. The molecule has 0 aliphatic heterocycles. The predicted molar refractivity (Wildman–Crippen MR) is 40.4 cm³/mol. The van der Waals surface area contributed by atoms with Gasteiger partial charge in [-0.25, -0.2) is 0 Å². The van der Waals surface area contributed by atoms with Gasteiger partial charge in [0, 0.05) is 6.04 Å². The van der Waals surface area contributed by atoms with E-state index < -0.39 is 0 Å². The molecule has 1 saturated carbocycles. The summed E-state index contributed by atoms with van der Waals surface area (Å²) in [4.78, 5) is 0. The fourth-order valence-electron chi connectivity index (χ4n) is 1.20. The number of rotatable bonds is 1. The largest absolute Gasteiger partial charge is 0.393 e. The lowest BCUT2D eigenvalue weighted by Crippen LogP contribution is -2.29. The summed E-state index contributed by atoms with van der Waals surface area (Å²) in [5.74, 6) is 0. The third kappa shape index (κ3) is 2.16. The number of aliphatic hydroxyl groups is 1. The maximum Gasteiger partial charge on any atom is 0.0541 e. The van der Waals surface area contributed by atoms with Gasteiger partial charge in [0.15, 0.2) is 0 Å². The van der Waals surface area contributed by atoms with Crippen LogP contribution in [0.4, 0.5) is 0 Å². The van der Waals surface area contributed by atoms with Gasteiger partial charge in [0.2, 0.25) is 0 Å². The quantitative estimate of drug-likeness (QED) is 0.478. The molecule has 0 saturated heterocycles. The van der Waals surface area contributed by atoms with Gasteiger partial charge in [-0.2, -0.15) is 0 Å². The normalized spacial score (nSPS) is 36.7. The van der Waals surface area contributed by atoms with Gasteiger partial charge in [0.1, 0.15) is 0 Å². The first kappa shape index (κ1) is 7.38. The van der Waals surface area contributed by atoms with Crippen molar-refractivity contribution < 1.29 is 5.11 Å². The van der Waals surface area contributed by atoms with Crippen molar-refractivity contribution in [3.8, 4) is 0 Å². The van der Waals surface area contributed by atoms with Crippen LogP contribution < -0.4 is 4.72 Å². The summed E-state index contributed by atoms with van der Waals surface area (Å²) >= 11 is 3.96. The predicted octanol–water partition coefficient (Wildman–Crippen LogP) is 0.724. The number of hydrogen-bond acceptors (Lipinski definition) is 3. The smallest absolute Gasteiger partial charge is 0.0541 e. The lowest BCUT2D eigenvalue weighted by molar-refractivity contribution is 0.121. The molecular formula is C6H13NOS. The van der Waals surface area contributed by atoms with Crippen LogP contribution in [0.5, 0.6) is 0 Å². The van der Waals surface area contributed by atoms with Crippen molar-refractivity contribution in [2.45, 2.75) is 37.8 Å². The molecule has 0 unspecified atom stereocenters. The Morgan fingerprint density at radius 3 is 2.22 bits per heavy atom. The van der Waals surface area contributed by atoms with E-state index in [0.717, 1.165) is 25.7 Å². The summed E-state index contributed by atoms with van der Waals surface area (Å²) in [6, 6.07) is 0.525. The summed E-state index contributed by atoms with van der Waals surface area (Å²) in [5.41, 5.74) is 0. The number of nitrogens with one attached hydrogen (secondary N) is 1. The highest BCUT2D eigenvalue weighted by Crippen LogP contribution is 2.18. The molecule has 54 valence electrons. The van der Waals surface area contributed by atoms with Gasteiger partial charge in [0.05, 0.1) is 6.10 Å². The molecule has 1 aliphatic carbocycles. The molecule has 1 fully saturated rings. The van der Waals surface area contributed by atoms with Crippen molar-refractivity contribution >= 4 is 12.8 Å². The van der Waals surface area contributed by atoms with Gasteiger partial charge >= 0.3 is 0 Å². The zero-order chi connectivity index (χ0) is 6.69. The Labute approximate surface area is 61.2 Å². The monoisotopic (exact) mass is 147 g/mol. The molecule has 0 bridgehead atoms. The van der Waals surface area contributed by atoms with E-state index in [1.165, 1.54) is 0 Å². The summed E-state index contributed by atoms with van der Waals surface area (Å²) < 4.78 is 2.91. The van der Waals surface area contributed by atoms with Crippen molar-refractivity contribution in [1.29, 1.82) is 0 Å². The average Bonchev–Trinajstić information content (AvgIpc) is 1.90. The first-order chi connectivity index (χ1) is 4.33.